The van der Waals surface area contributed by atoms with Crippen LogP contribution >= 0.6 is 0 Å². The molecule has 3 heteroatoms. The van der Waals surface area contributed by atoms with Crippen LogP contribution in [0.5, 0.6) is 0 Å². The maximum absolute atomic E-state index is 6.89. The molecule has 162 valence electrons. The molecule has 0 unspecified atom stereocenters. The molecule has 0 aliphatic carbocycles. The van der Waals surface area contributed by atoms with Gasteiger partial charge in [-0.2, -0.15) is 0 Å². The topological polar surface area (TPSA) is 9.23 Å². The van der Waals surface area contributed by atoms with Crippen LogP contribution in [0.1, 0.15) is 93.9 Å². The fourth-order valence-corrected chi connectivity index (χ4v) is 22.2. The average molecular weight is 503 g/mol. The minimum atomic E-state index is -2.09. The third-order valence-corrected chi connectivity index (χ3v) is 26.5. The van der Waals surface area contributed by atoms with Crippen LogP contribution in [0.3, 0.4) is 0 Å². The third-order valence-electron chi connectivity index (χ3n) is 6.75. The van der Waals surface area contributed by atoms with Crippen molar-refractivity contribution in [2.75, 3.05) is 0 Å². The molecule has 0 saturated heterocycles. The molecule has 0 aromatic rings. The summed E-state index contributed by atoms with van der Waals surface area (Å²) < 4.78 is 13.1. The maximum atomic E-state index is 6.89. The summed E-state index contributed by atoms with van der Waals surface area (Å²) >= 11 is -2.09. The van der Waals surface area contributed by atoms with E-state index in [2.05, 4.69) is 61.5 Å². The van der Waals surface area contributed by atoms with Crippen molar-refractivity contribution < 1.29 is 4.43 Å². The van der Waals surface area contributed by atoms with E-state index in [4.69, 9.17) is 4.43 Å². The van der Waals surface area contributed by atoms with Crippen molar-refractivity contribution in [3.8, 4) is 0 Å². The van der Waals surface area contributed by atoms with Crippen molar-refractivity contribution in [2.24, 2.45) is 5.92 Å². The molecule has 0 fully saturated rings. The van der Waals surface area contributed by atoms with Crippen molar-refractivity contribution in [3.05, 3.63) is 11.8 Å². The van der Waals surface area contributed by atoms with Gasteiger partial charge in [0.25, 0.3) is 0 Å². The molecular formula is C24H52OSiSn. The first-order valence-electron chi connectivity index (χ1n) is 12.3. The van der Waals surface area contributed by atoms with Gasteiger partial charge in [0.05, 0.1) is 0 Å². The van der Waals surface area contributed by atoms with Gasteiger partial charge in [-0.15, -0.1) is 0 Å². The molecule has 0 amide bonds. The molecule has 0 aliphatic rings. The van der Waals surface area contributed by atoms with Gasteiger partial charge in [-0.25, -0.2) is 0 Å². The Bertz CT molecular complexity index is 358. The minimum absolute atomic E-state index is 0.536. The Morgan fingerprint density at radius 3 is 1.48 bits per heavy atom. The van der Waals surface area contributed by atoms with Gasteiger partial charge in [-0.3, -0.25) is 0 Å². The Labute approximate surface area is 178 Å². The first-order valence-corrected chi connectivity index (χ1v) is 22.9. The normalized spacial score (nSPS) is 13.4. The van der Waals surface area contributed by atoms with Crippen LogP contribution in [0.25, 0.3) is 0 Å². The molecule has 0 aromatic carbocycles. The molecule has 0 heterocycles. The van der Waals surface area contributed by atoms with Gasteiger partial charge in [0.15, 0.2) is 0 Å². The zero-order valence-corrected chi connectivity index (χ0v) is 24.1. The van der Waals surface area contributed by atoms with Gasteiger partial charge >= 0.3 is 179 Å². The van der Waals surface area contributed by atoms with Gasteiger partial charge in [-0.1, -0.05) is 0 Å². The second-order valence-electron chi connectivity index (χ2n) is 9.12. The monoisotopic (exact) mass is 504 g/mol. The summed E-state index contributed by atoms with van der Waals surface area (Å²) in [6.45, 7) is 18.9. The van der Waals surface area contributed by atoms with Gasteiger partial charge < -0.3 is 0 Å². The fraction of sp³-hybridized carbons (Fsp3) is 0.917. The van der Waals surface area contributed by atoms with Gasteiger partial charge in [-0.05, 0) is 0 Å². The average Bonchev–Trinajstić information content (AvgIpc) is 2.69. The Balaban J connectivity index is 5.56. The van der Waals surface area contributed by atoms with Gasteiger partial charge in [0.2, 0.25) is 0 Å². The predicted octanol–water partition coefficient (Wildman–Crippen LogP) is 9.40. The molecule has 0 saturated carbocycles. The van der Waals surface area contributed by atoms with E-state index in [0.717, 1.165) is 0 Å². The van der Waals surface area contributed by atoms with Crippen molar-refractivity contribution in [1.29, 1.82) is 0 Å². The summed E-state index contributed by atoms with van der Waals surface area (Å²) in [5.74, 6) is 1.90. The van der Waals surface area contributed by atoms with E-state index in [1.165, 1.54) is 66.9 Å². The number of hydrogen-bond donors (Lipinski definition) is 0. The van der Waals surface area contributed by atoms with Crippen molar-refractivity contribution in [2.45, 2.75) is 130 Å². The summed E-state index contributed by atoms with van der Waals surface area (Å²) in [4.78, 5) is 0. The quantitative estimate of drug-likeness (QED) is 0.142. The third kappa shape index (κ3) is 10.2. The molecular weight excluding hydrogens is 451 g/mol. The SMILES string of the molecule is CCC[CH2][Sn]([CH2]/C=C(/O[Si](CC)(CC)CC)C(C)C)([CH2]CCC)[CH2]CCC. The Morgan fingerprint density at radius 1 is 0.778 bits per heavy atom. The van der Waals surface area contributed by atoms with Crippen LogP contribution in [0.15, 0.2) is 11.8 Å². The summed E-state index contributed by atoms with van der Waals surface area (Å²) in [6, 6.07) is 3.75. The van der Waals surface area contributed by atoms with Crippen LogP contribution in [0, 0.1) is 5.92 Å². The molecule has 0 aliphatic heterocycles. The molecule has 0 rings (SSSR count). The molecule has 0 atom stereocenters. The first kappa shape index (κ1) is 27.6. The number of rotatable bonds is 17. The van der Waals surface area contributed by atoms with Crippen LogP contribution in [-0.4, -0.2) is 26.7 Å². The van der Waals surface area contributed by atoms with E-state index >= 15 is 0 Å². The first-order chi connectivity index (χ1) is 12.9. The molecule has 0 spiro atoms. The summed E-state index contributed by atoms with van der Waals surface area (Å²) in [5.41, 5.74) is 0. The summed E-state index contributed by atoms with van der Waals surface area (Å²) in [7, 11) is -1.56. The van der Waals surface area contributed by atoms with E-state index in [0.29, 0.717) is 5.92 Å². The van der Waals surface area contributed by atoms with Crippen molar-refractivity contribution in [1.82, 2.24) is 0 Å². The van der Waals surface area contributed by atoms with Crippen LogP contribution in [0.4, 0.5) is 0 Å². The van der Waals surface area contributed by atoms with Crippen LogP contribution in [-0.2, 0) is 4.43 Å². The summed E-state index contributed by atoms with van der Waals surface area (Å²) in [6.07, 6.45) is 11.1. The Hall–Kier alpha value is 0.556. The fourth-order valence-electron chi connectivity index (χ4n) is 4.27. The van der Waals surface area contributed by atoms with E-state index in [-0.39, 0.29) is 0 Å². The standard InChI is InChI=1S/C12H25OSi.3C4H9.Sn/c1-7-12(11(5)6)13-14(8-2,9-3)10-4;3*1-3-4-2;/h7,11H,1,8-10H2,2-6H3;3*1,3-4H2,2H3;/b12-7+;;;;. The van der Waals surface area contributed by atoms with Crippen molar-refractivity contribution in [3.63, 3.8) is 0 Å². The number of hydrogen-bond acceptors (Lipinski definition) is 1. The van der Waals surface area contributed by atoms with E-state index in [9.17, 15) is 0 Å². The second kappa shape index (κ2) is 15.4. The Morgan fingerprint density at radius 2 is 1.19 bits per heavy atom. The van der Waals surface area contributed by atoms with Crippen LogP contribution < -0.4 is 0 Å². The van der Waals surface area contributed by atoms with E-state index in [1.807, 2.05) is 0 Å². The molecule has 27 heavy (non-hydrogen) atoms. The predicted molar refractivity (Wildman–Crippen MR) is 131 cm³/mol. The molecule has 0 radical (unpaired) electrons. The summed E-state index contributed by atoms with van der Waals surface area (Å²) in [5, 5.41) is 0. The molecule has 1 nitrogen and oxygen atoms in total. The van der Waals surface area contributed by atoms with Crippen LogP contribution in [0.2, 0.25) is 35.9 Å². The number of allylic oxidation sites excluding steroid dienone is 2. The zero-order valence-electron chi connectivity index (χ0n) is 20.3. The Kier molecular flexibility index (Phi) is 15.7. The van der Waals surface area contributed by atoms with Gasteiger partial charge in [0, 0.05) is 0 Å². The molecule has 0 aromatic heterocycles. The zero-order chi connectivity index (χ0) is 20.8. The second-order valence-corrected chi connectivity index (χ2v) is 27.8. The van der Waals surface area contributed by atoms with Gasteiger partial charge in [0.1, 0.15) is 0 Å². The molecule has 0 bridgehead atoms. The van der Waals surface area contributed by atoms with E-state index < -0.39 is 26.7 Å². The van der Waals surface area contributed by atoms with Crippen molar-refractivity contribution >= 4 is 26.7 Å². The van der Waals surface area contributed by atoms with E-state index in [1.54, 1.807) is 13.3 Å². The number of unbranched alkanes of at least 4 members (excludes halogenated alkanes) is 3. The molecule has 0 N–H and O–H groups in total.